The van der Waals surface area contributed by atoms with Crippen molar-refractivity contribution in [3.63, 3.8) is 0 Å². The van der Waals surface area contributed by atoms with Gasteiger partial charge in [0.1, 0.15) is 6.61 Å². The molecular weight excluding hydrogens is 296 g/mol. The van der Waals surface area contributed by atoms with E-state index in [2.05, 4.69) is 5.32 Å². The number of carbonyl (C=O) groups is 2. The molecule has 23 heavy (non-hydrogen) atoms. The molecule has 1 unspecified atom stereocenters. The highest BCUT2D eigenvalue weighted by atomic mass is 16.5. The molecular formula is C17H24N2O4. The number of likely N-dealkylation sites (N-methyl/N-ethyl adjacent to an activating group) is 1. The van der Waals surface area contributed by atoms with E-state index in [1.165, 1.54) is 0 Å². The summed E-state index contributed by atoms with van der Waals surface area (Å²) >= 11 is 0. The van der Waals surface area contributed by atoms with Crippen LogP contribution in [0.3, 0.4) is 0 Å². The van der Waals surface area contributed by atoms with E-state index in [1.807, 2.05) is 30.3 Å². The van der Waals surface area contributed by atoms with Crippen molar-refractivity contribution in [1.82, 2.24) is 10.2 Å². The Labute approximate surface area is 136 Å². The van der Waals surface area contributed by atoms with Gasteiger partial charge >= 0.3 is 0 Å². The van der Waals surface area contributed by atoms with Crippen LogP contribution in [0.15, 0.2) is 30.3 Å². The molecule has 126 valence electrons. The molecule has 2 rings (SSSR count). The highest BCUT2D eigenvalue weighted by Gasteiger charge is 2.23. The Morgan fingerprint density at radius 1 is 1.39 bits per heavy atom. The number of morpholine rings is 1. The van der Waals surface area contributed by atoms with Gasteiger partial charge in [0.05, 0.1) is 12.7 Å². The summed E-state index contributed by atoms with van der Waals surface area (Å²) in [4.78, 5) is 24.7. The minimum atomic E-state index is -0.129. The molecule has 1 aromatic carbocycles. The van der Waals surface area contributed by atoms with E-state index in [1.54, 1.807) is 11.9 Å². The Balaban J connectivity index is 1.51. The maximum atomic E-state index is 11.8. The zero-order valence-corrected chi connectivity index (χ0v) is 13.5. The molecule has 1 fully saturated rings. The van der Waals surface area contributed by atoms with Crippen molar-refractivity contribution in [3.05, 3.63) is 35.9 Å². The third-order valence-electron chi connectivity index (χ3n) is 3.68. The summed E-state index contributed by atoms with van der Waals surface area (Å²) in [7, 11) is 1.74. The van der Waals surface area contributed by atoms with Crippen LogP contribution in [0.4, 0.5) is 0 Å². The first-order chi connectivity index (χ1) is 11.1. The van der Waals surface area contributed by atoms with Crippen molar-refractivity contribution in [1.29, 1.82) is 0 Å². The first kappa shape index (κ1) is 17.4. The van der Waals surface area contributed by atoms with Gasteiger partial charge in [0.25, 0.3) is 0 Å². The fourth-order valence-corrected chi connectivity index (χ4v) is 2.30. The summed E-state index contributed by atoms with van der Waals surface area (Å²) in [5.41, 5.74) is 1.13. The zero-order valence-electron chi connectivity index (χ0n) is 13.5. The molecule has 0 aliphatic carbocycles. The number of hydrogen-bond acceptors (Lipinski definition) is 4. The number of hydrogen-bond donors (Lipinski definition) is 1. The van der Waals surface area contributed by atoms with Gasteiger partial charge in [-0.1, -0.05) is 30.3 Å². The minimum absolute atomic E-state index is 0.0172. The van der Waals surface area contributed by atoms with E-state index in [9.17, 15) is 9.59 Å². The molecule has 0 saturated carbocycles. The third-order valence-corrected chi connectivity index (χ3v) is 3.68. The second-order valence-electron chi connectivity index (χ2n) is 5.65. The average Bonchev–Trinajstić information content (AvgIpc) is 2.56. The predicted octanol–water partition coefficient (Wildman–Crippen LogP) is 0.957. The van der Waals surface area contributed by atoms with Gasteiger partial charge in [-0.15, -0.1) is 0 Å². The molecule has 0 aromatic heterocycles. The summed E-state index contributed by atoms with van der Waals surface area (Å²) < 4.78 is 10.9. The van der Waals surface area contributed by atoms with Crippen LogP contribution >= 0.6 is 0 Å². The lowest BCUT2D eigenvalue weighted by Gasteiger charge is -2.29. The lowest BCUT2D eigenvalue weighted by Crippen LogP contribution is -2.48. The lowest BCUT2D eigenvalue weighted by atomic mass is 10.2. The molecule has 0 spiro atoms. The number of carbonyl (C=O) groups excluding carboxylic acids is 2. The van der Waals surface area contributed by atoms with E-state index in [0.29, 0.717) is 39.1 Å². The van der Waals surface area contributed by atoms with Crippen molar-refractivity contribution in [2.45, 2.75) is 25.6 Å². The van der Waals surface area contributed by atoms with Gasteiger partial charge < -0.3 is 19.7 Å². The third kappa shape index (κ3) is 6.38. The molecule has 0 radical (unpaired) electrons. The lowest BCUT2D eigenvalue weighted by molar-refractivity contribution is -0.146. The fourth-order valence-electron chi connectivity index (χ4n) is 2.30. The van der Waals surface area contributed by atoms with Crippen molar-refractivity contribution < 1.29 is 19.1 Å². The van der Waals surface area contributed by atoms with E-state index < -0.39 is 0 Å². The number of benzene rings is 1. The van der Waals surface area contributed by atoms with E-state index in [-0.39, 0.29) is 24.5 Å². The molecule has 1 aliphatic rings. The molecule has 1 aromatic rings. The molecule has 1 N–H and O–H groups in total. The number of nitrogens with one attached hydrogen (secondary N) is 1. The molecule has 6 nitrogen and oxygen atoms in total. The van der Waals surface area contributed by atoms with Crippen LogP contribution in [-0.4, -0.2) is 56.2 Å². The van der Waals surface area contributed by atoms with Gasteiger partial charge in [-0.3, -0.25) is 9.59 Å². The van der Waals surface area contributed by atoms with E-state index >= 15 is 0 Å². The van der Waals surface area contributed by atoms with Gasteiger partial charge in [-0.25, -0.2) is 0 Å². The maximum Gasteiger partial charge on any atom is 0.248 e. The van der Waals surface area contributed by atoms with Gasteiger partial charge in [-0.2, -0.15) is 0 Å². The van der Waals surface area contributed by atoms with Crippen LogP contribution in [0, 0.1) is 0 Å². The summed E-state index contributed by atoms with van der Waals surface area (Å²) in [5.74, 6) is -0.0420. The number of rotatable bonds is 8. The van der Waals surface area contributed by atoms with Gasteiger partial charge in [0.2, 0.25) is 11.8 Å². The minimum Gasteiger partial charge on any atom is -0.377 e. The Morgan fingerprint density at radius 2 is 2.17 bits per heavy atom. The summed E-state index contributed by atoms with van der Waals surface area (Å²) in [6, 6.07) is 9.95. The topological polar surface area (TPSA) is 67.9 Å². The highest BCUT2D eigenvalue weighted by Crippen LogP contribution is 2.04. The predicted molar refractivity (Wildman–Crippen MR) is 85.7 cm³/mol. The van der Waals surface area contributed by atoms with Crippen LogP contribution in [-0.2, 0) is 25.7 Å². The van der Waals surface area contributed by atoms with E-state index in [0.717, 1.165) is 5.56 Å². The van der Waals surface area contributed by atoms with Crippen molar-refractivity contribution in [2.24, 2.45) is 0 Å². The Kier molecular flexibility index (Phi) is 7.03. The molecule has 2 amide bonds. The number of amides is 2. The van der Waals surface area contributed by atoms with Crippen LogP contribution in [0.1, 0.15) is 18.4 Å². The van der Waals surface area contributed by atoms with Gasteiger partial charge in [0.15, 0.2) is 0 Å². The number of nitrogens with zero attached hydrogens (tertiary/aromatic N) is 1. The first-order valence-electron chi connectivity index (χ1n) is 7.89. The van der Waals surface area contributed by atoms with Gasteiger partial charge in [-0.05, 0) is 12.0 Å². The zero-order chi connectivity index (χ0) is 16.5. The Bertz CT molecular complexity index is 507. The van der Waals surface area contributed by atoms with Crippen LogP contribution in [0.5, 0.6) is 0 Å². The molecule has 1 saturated heterocycles. The molecule has 1 heterocycles. The Hall–Kier alpha value is -1.92. The SMILES string of the molecule is CN1CC(CNC(=O)CCCOCc2ccccc2)OCC1=O. The molecule has 0 bridgehead atoms. The fraction of sp³-hybridized carbons (Fsp3) is 0.529. The summed E-state index contributed by atoms with van der Waals surface area (Å²) in [6.07, 6.45) is 0.981. The van der Waals surface area contributed by atoms with Crippen molar-refractivity contribution in [3.8, 4) is 0 Å². The second kappa shape index (κ2) is 9.27. The standard InChI is InChI=1S/C17H24N2O4/c1-19-11-15(23-13-17(19)21)10-18-16(20)8-5-9-22-12-14-6-3-2-4-7-14/h2-4,6-7,15H,5,8-13H2,1H3,(H,18,20). The second-order valence-corrected chi connectivity index (χ2v) is 5.65. The Morgan fingerprint density at radius 3 is 2.91 bits per heavy atom. The molecule has 1 atom stereocenters. The largest absolute Gasteiger partial charge is 0.377 e. The quantitative estimate of drug-likeness (QED) is 0.725. The smallest absolute Gasteiger partial charge is 0.248 e. The maximum absolute atomic E-state index is 11.8. The van der Waals surface area contributed by atoms with Crippen LogP contribution < -0.4 is 5.32 Å². The van der Waals surface area contributed by atoms with E-state index in [4.69, 9.17) is 9.47 Å². The summed E-state index contributed by atoms with van der Waals surface area (Å²) in [6.45, 7) is 2.16. The first-order valence-corrected chi connectivity index (χ1v) is 7.89. The van der Waals surface area contributed by atoms with Crippen molar-refractivity contribution >= 4 is 11.8 Å². The van der Waals surface area contributed by atoms with Crippen molar-refractivity contribution in [2.75, 3.05) is 33.4 Å². The summed E-state index contributed by atoms with van der Waals surface area (Å²) in [5, 5.41) is 2.84. The van der Waals surface area contributed by atoms with Crippen LogP contribution in [0.25, 0.3) is 0 Å². The highest BCUT2D eigenvalue weighted by molar-refractivity contribution is 5.78. The average molecular weight is 320 g/mol. The van der Waals surface area contributed by atoms with Crippen LogP contribution in [0.2, 0.25) is 0 Å². The monoisotopic (exact) mass is 320 g/mol. The number of ether oxygens (including phenoxy) is 2. The normalized spacial score (nSPS) is 18.0. The van der Waals surface area contributed by atoms with Gasteiger partial charge in [0, 0.05) is 33.2 Å². The molecule has 6 heteroatoms. The molecule has 1 aliphatic heterocycles.